The Morgan fingerprint density at radius 2 is 1.63 bits per heavy atom. The molecule has 0 aliphatic carbocycles. The van der Waals surface area contributed by atoms with Crippen LogP contribution in [0.1, 0.15) is 36.7 Å². The Kier molecular flexibility index (Phi) is 8.57. The summed E-state index contributed by atoms with van der Waals surface area (Å²) in [4.78, 5) is 28.1. The maximum atomic E-state index is 15.7. The molecule has 3 atom stereocenters. The second-order valence-electron chi connectivity index (χ2n) is 11.2. The number of alkyl halides is 3. The monoisotopic (exact) mass is 604 g/mol. The molecule has 0 saturated carbocycles. The number of nitrogens with one attached hydrogen (secondary N) is 1. The van der Waals surface area contributed by atoms with Gasteiger partial charge in [0, 0.05) is 62.3 Å². The molecule has 5 rings (SSSR count). The van der Waals surface area contributed by atoms with E-state index in [0.717, 1.165) is 12.1 Å². The minimum atomic E-state index is -4.96. The van der Waals surface area contributed by atoms with Gasteiger partial charge in [-0.15, -0.1) is 0 Å². The number of amides is 1. The second-order valence-corrected chi connectivity index (χ2v) is 11.2. The minimum Gasteiger partial charge on any atom is -0.372 e. The van der Waals surface area contributed by atoms with Crippen molar-refractivity contribution in [1.82, 2.24) is 14.9 Å². The summed E-state index contributed by atoms with van der Waals surface area (Å²) in [6.45, 7) is 8.74. The molecule has 2 aliphatic heterocycles. The Morgan fingerprint density at radius 3 is 2.26 bits per heavy atom. The third-order valence-electron chi connectivity index (χ3n) is 7.82. The number of likely N-dealkylation sites (N-methyl/N-ethyl adjacent to an activating group) is 1. The van der Waals surface area contributed by atoms with E-state index in [1.807, 2.05) is 37.6 Å². The van der Waals surface area contributed by atoms with Gasteiger partial charge in [-0.2, -0.15) is 13.2 Å². The third kappa shape index (κ3) is 6.72. The van der Waals surface area contributed by atoms with E-state index < -0.39 is 34.8 Å². The van der Waals surface area contributed by atoms with Crippen molar-refractivity contribution >= 4 is 23.2 Å². The normalized spacial score (nSPS) is 21.7. The number of rotatable bonds is 5. The smallest absolute Gasteiger partial charge is 0.372 e. The van der Waals surface area contributed by atoms with Crippen LogP contribution in [0.2, 0.25) is 0 Å². The van der Waals surface area contributed by atoms with Crippen molar-refractivity contribution in [2.45, 2.75) is 45.2 Å². The van der Waals surface area contributed by atoms with Crippen molar-refractivity contribution < 1.29 is 31.5 Å². The minimum absolute atomic E-state index is 0.0144. The lowest BCUT2D eigenvalue weighted by Crippen LogP contribution is -2.50. The third-order valence-corrected chi connectivity index (χ3v) is 7.82. The number of benzene rings is 2. The Balaban J connectivity index is 1.52. The van der Waals surface area contributed by atoms with Crippen molar-refractivity contribution in [1.29, 1.82) is 0 Å². The number of carbonyl (C=O) groups is 1. The molecule has 0 spiro atoms. The first kappa shape index (κ1) is 30.6. The number of piperazine rings is 1. The molecule has 1 amide bonds. The van der Waals surface area contributed by atoms with Crippen molar-refractivity contribution in [2.24, 2.45) is 0 Å². The highest BCUT2D eigenvalue weighted by atomic mass is 19.4. The molecule has 2 aromatic carbocycles. The van der Waals surface area contributed by atoms with Crippen LogP contribution in [-0.4, -0.2) is 78.8 Å². The van der Waals surface area contributed by atoms with Crippen LogP contribution in [0.15, 0.2) is 42.7 Å². The van der Waals surface area contributed by atoms with Gasteiger partial charge in [-0.05, 0) is 58.2 Å². The Hall–Kier alpha value is -3.84. The highest BCUT2D eigenvalue weighted by Gasteiger charge is 2.36. The molecular formula is C30H33F5N6O2. The van der Waals surface area contributed by atoms with Gasteiger partial charge in [-0.25, -0.2) is 18.7 Å². The van der Waals surface area contributed by atoms with Crippen LogP contribution in [0, 0.1) is 11.6 Å². The van der Waals surface area contributed by atoms with Crippen LogP contribution in [0.5, 0.6) is 0 Å². The number of hydrogen-bond acceptors (Lipinski definition) is 7. The molecule has 230 valence electrons. The zero-order valence-electron chi connectivity index (χ0n) is 24.3. The molecule has 0 radical (unpaired) electrons. The standard InChI is InChI=1S/C30H33F5N6O2/c1-17-14-40(8-7-39(17)4)27-11-25(32)23(20-12-36-29(37-13-20)41-15-18(2)43-19(3)16-41)10-26(27)38-28(42)22-6-5-21(31)9-24(22)30(33,34)35/h5-6,9-13,17-19H,7-8,14-16H2,1-4H3,(H,38,42)/t17-,18-,19+/m0/s1. The zero-order valence-corrected chi connectivity index (χ0v) is 24.3. The highest BCUT2D eigenvalue weighted by molar-refractivity contribution is 6.07. The number of carbonyl (C=O) groups excluding carboxylic acids is 1. The van der Waals surface area contributed by atoms with Crippen molar-refractivity contribution in [3.05, 3.63) is 65.5 Å². The summed E-state index contributed by atoms with van der Waals surface area (Å²) in [5.74, 6) is -2.37. The van der Waals surface area contributed by atoms with Gasteiger partial charge in [0.05, 0.1) is 34.7 Å². The molecule has 3 aromatic rings. The van der Waals surface area contributed by atoms with E-state index in [4.69, 9.17) is 4.74 Å². The molecule has 43 heavy (non-hydrogen) atoms. The quantitative estimate of drug-likeness (QED) is 0.389. The van der Waals surface area contributed by atoms with E-state index in [2.05, 4.69) is 20.2 Å². The fourth-order valence-corrected chi connectivity index (χ4v) is 5.52. The van der Waals surface area contributed by atoms with Gasteiger partial charge in [0.1, 0.15) is 11.6 Å². The summed E-state index contributed by atoms with van der Waals surface area (Å²) in [7, 11) is 1.96. The fourth-order valence-electron chi connectivity index (χ4n) is 5.52. The molecule has 1 aromatic heterocycles. The van der Waals surface area contributed by atoms with Crippen molar-refractivity contribution in [3.63, 3.8) is 0 Å². The summed E-state index contributed by atoms with van der Waals surface area (Å²) in [6, 6.07) is 4.59. The predicted octanol–water partition coefficient (Wildman–Crippen LogP) is 5.45. The predicted molar refractivity (Wildman–Crippen MR) is 153 cm³/mol. The molecule has 2 saturated heterocycles. The van der Waals surface area contributed by atoms with E-state index in [0.29, 0.717) is 49.9 Å². The zero-order chi connectivity index (χ0) is 31.1. The summed E-state index contributed by atoms with van der Waals surface area (Å²) in [6.07, 6.45) is -2.06. The molecule has 3 heterocycles. The molecule has 13 heteroatoms. The number of nitrogens with zero attached hydrogens (tertiary/aromatic N) is 5. The molecule has 0 bridgehead atoms. The number of ether oxygens (including phenoxy) is 1. The van der Waals surface area contributed by atoms with E-state index in [1.54, 1.807) is 0 Å². The van der Waals surface area contributed by atoms with E-state index >= 15 is 4.39 Å². The van der Waals surface area contributed by atoms with Crippen molar-refractivity contribution in [3.8, 4) is 11.1 Å². The van der Waals surface area contributed by atoms with Crippen LogP contribution in [0.4, 0.5) is 39.3 Å². The average molecular weight is 605 g/mol. The van der Waals surface area contributed by atoms with E-state index in [-0.39, 0.29) is 35.6 Å². The number of aromatic nitrogens is 2. The van der Waals surface area contributed by atoms with E-state index in [9.17, 15) is 22.4 Å². The lowest BCUT2D eigenvalue weighted by atomic mass is 10.0. The molecular weight excluding hydrogens is 571 g/mol. The maximum absolute atomic E-state index is 15.7. The van der Waals surface area contributed by atoms with Crippen molar-refractivity contribution in [2.75, 3.05) is 54.9 Å². The second kappa shape index (κ2) is 12.0. The molecule has 2 aliphatic rings. The summed E-state index contributed by atoms with van der Waals surface area (Å²) in [5, 5.41) is 2.55. The number of anilines is 3. The van der Waals surface area contributed by atoms with Crippen LogP contribution < -0.4 is 15.1 Å². The van der Waals surface area contributed by atoms with Crippen LogP contribution in [0.3, 0.4) is 0 Å². The first-order valence-corrected chi connectivity index (χ1v) is 14.0. The summed E-state index contributed by atoms with van der Waals surface area (Å²) >= 11 is 0. The summed E-state index contributed by atoms with van der Waals surface area (Å²) in [5.41, 5.74) is -1.35. The lowest BCUT2D eigenvalue weighted by Gasteiger charge is -2.39. The maximum Gasteiger partial charge on any atom is 0.417 e. The van der Waals surface area contributed by atoms with E-state index in [1.165, 1.54) is 24.5 Å². The highest BCUT2D eigenvalue weighted by Crippen LogP contribution is 2.37. The largest absolute Gasteiger partial charge is 0.417 e. The van der Waals surface area contributed by atoms with Crippen LogP contribution >= 0.6 is 0 Å². The van der Waals surface area contributed by atoms with Crippen LogP contribution in [0.25, 0.3) is 11.1 Å². The van der Waals surface area contributed by atoms with Gasteiger partial charge in [-0.3, -0.25) is 4.79 Å². The first-order chi connectivity index (χ1) is 20.3. The Labute approximate surface area is 246 Å². The fraction of sp³-hybridized carbons (Fsp3) is 0.433. The molecule has 0 unspecified atom stereocenters. The average Bonchev–Trinajstić information content (AvgIpc) is 2.94. The Morgan fingerprint density at radius 1 is 0.953 bits per heavy atom. The SMILES string of the molecule is C[C@@H]1CN(c2ncc(-c3cc(NC(=O)c4ccc(F)cc4C(F)(F)F)c(N4CCN(C)[C@@H](C)C4)cc3F)cn2)C[C@H](C)O1. The van der Waals surface area contributed by atoms with Gasteiger partial charge in [0.25, 0.3) is 5.91 Å². The topological polar surface area (TPSA) is 73.8 Å². The molecule has 8 nitrogen and oxygen atoms in total. The Bertz CT molecular complexity index is 1480. The van der Waals surface area contributed by atoms with Gasteiger partial charge < -0.3 is 24.8 Å². The van der Waals surface area contributed by atoms with Crippen LogP contribution in [-0.2, 0) is 10.9 Å². The van der Waals surface area contributed by atoms with Gasteiger partial charge >= 0.3 is 6.18 Å². The number of halogens is 5. The first-order valence-electron chi connectivity index (χ1n) is 14.0. The molecule has 2 fully saturated rings. The lowest BCUT2D eigenvalue weighted by molar-refractivity contribution is -0.138. The van der Waals surface area contributed by atoms with Gasteiger partial charge in [-0.1, -0.05) is 0 Å². The summed E-state index contributed by atoms with van der Waals surface area (Å²) < 4.78 is 76.2. The number of morpholine rings is 1. The molecule has 1 N–H and O–H groups in total. The van der Waals surface area contributed by atoms with Gasteiger partial charge in [0.15, 0.2) is 0 Å². The number of hydrogen-bond donors (Lipinski definition) is 1. The van der Waals surface area contributed by atoms with Gasteiger partial charge in [0.2, 0.25) is 5.95 Å².